The first-order chi connectivity index (χ1) is 12.8. The molecule has 1 aliphatic heterocycles. The van der Waals surface area contributed by atoms with E-state index in [1.165, 1.54) is 24.3 Å². The van der Waals surface area contributed by atoms with Gasteiger partial charge in [0, 0.05) is 7.11 Å². The molecule has 0 bridgehead atoms. The summed E-state index contributed by atoms with van der Waals surface area (Å²) in [6.07, 6.45) is -0.620. The van der Waals surface area contributed by atoms with E-state index in [2.05, 4.69) is 15.0 Å². The monoisotopic (exact) mass is 401 g/mol. The number of methoxy groups -OCH3 is 1. The van der Waals surface area contributed by atoms with Gasteiger partial charge < -0.3 is 30.1 Å². The van der Waals surface area contributed by atoms with Crippen molar-refractivity contribution in [2.75, 3.05) is 12.8 Å². The summed E-state index contributed by atoms with van der Waals surface area (Å²) in [5.41, 5.74) is 6.53. The van der Waals surface area contributed by atoms with Crippen molar-refractivity contribution in [2.45, 2.75) is 43.5 Å². The number of hydrogen-bond acceptors (Lipinski definition) is 9. The average molecular weight is 401 g/mol. The molecule has 0 aromatic carbocycles. The molecule has 4 rings (SSSR count). The fraction of sp³-hybridized carbons (Fsp3) is 0.643. The van der Waals surface area contributed by atoms with Gasteiger partial charge in [0.25, 0.3) is 0 Å². The van der Waals surface area contributed by atoms with Gasteiger partial charge in [0.15, 0.2) is 17.7 Å². The van der Waals surface area contributed by atoms with Crippen molar-refractivity contribution in [3.63, 3.8) is 0 Å². The highest BCUT2D eigenvalue weighted by molar-refractivity contribution is 7.46. The minimum absolute atomic E-state index is 0.00775. The summed E-state index contributed by atoms with van der Waals surface area (Å²) in [6.45, 7) is 0. The van der Waals surface area contributed by atoms with Crippen LogP contribution in [0, 0.1) is 5.92 Å². The molecular weight excluding hydrogens is 381 g/mol. The van der Waals surface area contributed by atoms with Crippen LogP contribution in [0.3, 0.4) is 0 Å². The smallest absolute Gasteiger partial charge is 0.390 e. The first kappa shape index (κ1) is 18.7. The second-order valence-corrected chi connectivity index (χ2v) is 7.86. The van der Waals surface area contributed by atoms with Gasteiger partial charge in [-0.2, -0.15) is 0 Å². The fourth-order valence-electron chi connectivity index (χ4n) is 3.46. The zero-order chi connectivity index (χ0) is 19.3. The van der Waals surface area contributed by atoms with Gasteiger partial charge in [-0.1, -0.05) is 0 Å². The molecule has 1 unspecified atom stereocenters. The Kier molecular flexibility index (Phi) is 4.67. The third kappa shape index (κ3) is 3.45. The maximum atomic E-state index is 11.5. The predicted molar refractivity (Wildman–Crippen MR) is 90.1 cm³/mol. The van der Waals surface area contributed by atoms with Crippen LogP contribution in [0.25, 0.3) is 11.2 Å². The third-order valence-electron chi connectivity index (χ3n) is 4.86. The van der Waals surface area contributed by atoms with Gasteiger partial charge in [0.1, 0.15) is 30.2 Å². The first-order valence-corrected chi connectivity index (χ1v) is 9.86. The zero-order valence-corrected chi connectivity index (χ0v) is 15.2. The topological polar surface area (TPSA) is 175 Å². The van der Waals surface area contributed by atoms with Crippen molar-refractivity contribution >= 4 is 24.8 Å². The third-order valence-corrected chi connectivity index (χ3v) is 5.38. The molecule has 2 fully saturated rings. The molecule has 0 amide bonds. The molecule has 27 heavy (non-hydrogen) atoms. The lowest BCUT2D eigenvalue weighted by Gasteiger charge is -2.25. The van der Waals surface area contributed by atoms with Gasteiger partial charge in [-0.15, -0.1) is 0 Å². The Labute approximate surface area is 153 Å². The second kappa shape index (κ2) is 6.74. The van der Waals surface area contributed by atoms with Crippen LogP contribution in [0.5, 0.6) is 0 Å². The number of ether oxygens (including phenoxy) is 2. The van der Waals surface area contributed by atoms with Crippen LogP contribution in [0.4, 0.5) is 5.82 Å². The van der Waals surface area contributed by atoms with Crippen LogP contribution in [-0.4, -0.2) is 65.9 Å². The number of nitrogens with two attached hydrogens (primary N) is 1. The lowest BCUT2D eigenvalue weighted by molar-refractivity contribution is -0.0900. The number of phosphoric ester groups is 1. The Morgan fingerprint density at radius 3 is 2.70 bits per heavy atom. The van der Waals surface area contributed by atoms with E-state index in [9.17, 15) is 19.5 Å². The van der Waals surface area contributed by atoms with Crippen LogP contribution in [-0.2, 0) is 18.6 Å². The highest BCUT2D eigenvalue weighted by Crippen LogP contribution is 2.48. The number of hydrogen-bond donors (Lipinski definition) is 4. The standard InChI is InChI=1S/C14H20N5O7P/c1-24-11-10(26-27(21,22)23)9(8(20)6-2-3-6)25-14(11)19-5-18-7-12(15)16-4-17-13(7)19/h4-6,8-11,14,20H,2-3H2,1H3,(H2,15,16,17)(H2,21,22,23)/t8?,9-,10-,11-,14-/m1/s1. The highest BCUT2D eigenvalue weighted by atomic mass is 31.2. The Hall–Kier alpha value is -1.66. The number of imidazole rings is 1. The number of anilines is 1. The molecule has 2 aromatic heterocycles. The minimum Gasteiger partial charge on any atom is -0.390 e. The molecular formula is C14H20N5O7P. The van der Waals surface area contributed by atoms with Crippen molar-refractivity contribution in [2.24, 2.45) is 5.92 Å². The van der Waals surface area contributed by atoms with Crippen molar-refractivity contribution in [3.05, 3.63) is 12.7 Å². The van der Waals surface area contributed by atoms with E-state index in [0.29, 0.717) is 11.2 Å². The Bertz CT molecular complexity index is 884. The number of aromatic nitrogens is 4. The van der Waals surface area contributed by atoms with E-state index in [1.807, 2.05) is 0 Å². The minimum atomic E-state index is -4.85. The van der Waals surface area contributed by atoms with Gasteiger partial charge in [-0.3, -0.25) is 9.09 Å². The molecule has 1 saturated carbocycles. The van der Waals surface area contributed by atoms with Gasteiger partial charge >= 0.3 is 7.82 Å². The Morgan fingerprint density at radius 2 is 2.07 bits per heavy atom. The van der Waals surface area contributed by atoms with Crippen molar-refractivity contribution in [1.29, 1.82) is 0 Å². The van der Waals surface area contributed by atoms with Gasteiger partial charge in [-0.25, -0.2) is 19.5 Å². The molecule has 148 valence electrons. The highest BCUT2D eigenvalue weighted by Gasteiger charge is 2.54. The van der Waals surface area contributed by atoms with Gasteiger partial charge in [0.05, 0.1) is 12.4 Å². The molecule has 2 aromatic rings. The second-order valence-electron chi connectivity index (χ2n) is 6.66. The number of nitrogen functional groups attached to an aromatic ring is 1. The van der Waals surface area contributed by atoms with E-state index >= 15 is 0 Å². The quantitative estimate of drug-likeness (QED) is 0.462. The molecule has 1 aliphatic carbocycles. The Balaban J connectivity index is 1.73. The summed E-state index contributed by atoms with van der Waals surface area (Å²) in [4.78, 5) is 30.8. The molecule has 5 N–H and O–H groups in total. The largest absolute Gasteiger partial charge is 0.470 e. The molecule has 1 saturated heterocycles. The van der Waals surface area contributed by atoms with E-state index < -0.39 is 38.5 Å². The molecule has 2 aliphatic rings. The summed E-state index contributed by atoms with van der Waals surface area (Å²) < 4.78 is 29.3. The number of fused-ring (bicyclic) bond motifs is 1. The van der Waals surface area contributed by atoms with Crippen LogP contribution in [0.2, 0.25) is 0 Å². The van der Waals surface area contributed by atoms with Crippen LogP contribution < -0.4 is 5.73 Å². The van der Waals surface area contributed by atoms with E-state index in [4.69, 9.17) is 19.7 Å². The average Bonchev–Trinajstić information content (AvgIpc) is 3.27. The van der Waals surface area contributed by atoms with Gasteiger partial charge in [0.2, 0.25) is 0 Å². The molecule has 0 radical (unpaired) electrons. The molecule has 13 heteroatoms. The lowest BCUT2D eigenvalue weighted by Crippen LogP contribution is -2.41. The number of phosphoric acid groups is 1. The summed E-state index contributed by atoms with van der Waals surface area (Å²) >= 11 is 0. The summed E-state index contributed by atoms with van der Waals surface area (Å²) in [6, 6.07) is 0. The van der Waals surface area contributed by atoms with E-state index in [-0.39, 0.29) is 11.7 Å². The summed E-state index contributed by atoms with van der Waals surface area (Å²) in [5.74, 6) is 0.176. The van der Waals surface area contributed by atoms with Crippen LogP contribution >= 0.6 is 7.82 Å². The van der Waals surface area contributed by atoms with Crippen LogP contribution in [0.15, 0.2) is 12.7 Å². The zero-order valence-electron chi connectivity index (χ0n) is 14.3. The lowest BCUT2D eigenvalue weighted by atomic mass is 10.0. The number of aliphatic hydroxyl groups is 1. The molecule has 0 spiro atoms. The SMILES string of the molecule is CO[C@@H]1[C@H](OP(=O)(O)O)[C@@H](C(O)C2CC2)O[C@H]1n1cnc2c(N)ncnc21. The Morgan fingerprint density at radius 1 is 1.33 bits per heavy atom. The molecule has 5 atom stereocenters. The maximum absolute atomic E-state index is 11.5. The van der Waals surface area contributed by atoms with E-state index in [0.717, 1.165) is 12.8 Å². The number of aliphatic hydroxyl groups excluding tert-OH is 1. The van der Waals surface area contributed by atoms with E-state index in [1.54, 1.807) is 0 Å². The normalized spacial score (nSPS) is 30.1. The first-order valence-electron chi connectivity index (χ1n) is 8.33. The molecule has 3 heterocycles. The van der Waals surface area contributed by atoms with Crippen LogP contribution in [0.1, 0.15) is 19.1 Å². The summed E-state index contributed by atoms with van der Waals surface area (Å²) in [7, 11) is -3.49. The van der Waals surface area contributed by atoms with Gasteiger partial charge in [-0.05, 0) is 18.8 Å². The maximum Gasteiger partial charge on any atom is 0.470 e. The summed E-state index contributed by atoms with van der Waals surface area (Å²) in [5, 5.41) is 10.6. The molecule has 12 nitrogen and oxygen atoms in total. The van der Waals surface area contributed by atoms with Crippen molar-refractivity contribution in [1.82, 2.24) is 19.5 Å². The predicted octanol–water partition coefficient (Wildman–Crippen LogP) is -0.430. The number of nitrogens with zero attached hydrogens (tertiary/aromatic N) is 4. The van der Waals surface area contributed by atoms with Crippen molar-refractivity contribution < 1.29 is 33.5 Å². The fourth-order valence-corrected chi connectivity index (χ4v) is 4.01. The van der Waals surface area contributed by atoms with Crippen molar-refractivity contribution in [3.8, 4) is 0 Å². The number of rotatable bonds is 6.